The van der Waals surface area contributed by atoms with Crippen LogP contribution in [0.15, 0.2) is 18.2 Å². The highest BCUT2D eigenvalue weighted by molar-refractivity contribution is 5.35. The lowest BCUT2D eigenvalue weighted by Gasteiger charge is -2.13. The van der Waals surface area contributed by atoms with Gasteiger partial charge in [-0.25, -0.2) is 4.39 Å². The van der Waals surface area contributed by atoms with Crippen LogP contribution >= 0.6 is 0 Å². The average molecular weight is 195 g/mol. The normalized spacial score (nSPS) is 25.1. The zero-order chi connectivity index (χ0) is 10.1. The average Bonchev–Trinajstić information content (AvgIpc) is 2.46. The van der Waals surface area contributed by atoms with Crippen LogP contribution in [0.4, 0.5) is 4.39 Å². The fourth-order valence-electron chi connectivity index (χ4n) is 2.15. The molecule has 0 radical (unpaired) electrons. The van der Waals surface area contributed by atoms with E-state index < -0.39 is 6.10 Å². The Balaban J connectivity index is 2.27. The van der Waals surface area contributed by atoms with Gasteiger partial charge in [-0.2, -0.15) is 0 Å². The first kappa shape index (κ1) is 9.62. The molecule has 3 N–H and O–H groups in total. The molecule has 1 aliphatic rings. The van der Waals surface area contributed by atoms with Crippen LogP contribution in [-0.4, -0.2) is 11.7 Å². The zero-order valence-corrected chi connectivity index (χ0v) is 7.91. The Morgan fingerprint density at radius 3 is 3.00 bits per heavy atom. The first-order valence-electron chi connectivity index (χ1n) is 4.89. The SMILES string of the molecule is NCCC1Cc2ccc(F)cc2C1O. The van der Waals surface area contributed by atoms with Crippen molar-refractivity contribution in [1.82, 2.24) is 0 Å². The van der Waals surface area contributed by atoms with Crippen LogP contribution in [0.25, 0.3) is 0 Å². The number of benzene rings is 1. The van der Waals surface area contributed by atoms with E-state index in [4.69, 9.17) is 5.73 Å². The standard InChI is InChI=1S/C11H14FNO/c12-9-2-1-7-5-8(3-4-13)11(14)10(7)6-9/h1-2,6,8,11,14H,3-5,13H2. The second-order valence-corrected chi connectivity index (χ2v) is 3.83. The van der Waals surface area contributed by atoms with Gasteiger partial charge >= 0.3 is 0 Å². The molecule has 0 spiro atoms. The van der Waals surface area contributed by atoms with Crippen molar-refractivity contribution in [3.05, 3.63) is 35.1 Å². The molecule has 1 aliphatic carbocycles. The van der Waals surface area contributed by atoms with Gasteiger partial charge in [0.1, 0.15) is 5.82 Å². The van der Waals surface area contributed by atoms with E-state index in [0.29, 0.717) is 6.54 Å². The summed E-state index contributed by atoms with van der Waals surface area (Å²) >= 11 is 0. The number of nitrogens with two attached hydrogens (primary N) is 1. The molecule has 3 heteroatoms. The van der Waals surface area contributed by atoms with E-state index in [1.807, 2.05) is 0 Å². The molecular weight excluding hydrogens is 181 g/mol. The summed E-state index contributed by atoms with van der Waals surface area (Å²) in [4.78, 5) is 0. The van der Waals surface area contributed by atoms with Crippen molar-refractivity contribution in [3.63, 3.8) is 0 Å². The third kappa shape index (κ3) is 1.53. The summed E-state index contributed by atoms with van der Waals surface area (Å²) in [5.41, 5.74) is 7.24. The number of fused-ring (bicyclic) bond motifs is 1. The predicted molar refractivity (Wildman–Crippen MR) is 52.2 cm³/mol. The Kier molecular flexibility index (Phi) is 2.52. The minimum Gasteiger partial charge on any atom is -0.388 e. The van der Waals surface area contributed by atoms with E-state index in [1.54, 1.807) is 6.07 Å². The molecular formula is C11H14FNO. The van der Waals surface area contributed by atoms with E-state index in [9.17, 15) is 9.50 Å². The van der Waals surface area contributed by atoms with Crippen molar-refractivity contribution in [1.29, 1.82) is 0 Å². The molecule has 1 aromatic rings. The summed E-state index contributed by atoms with van der Waals surface area (Å²) in [7, 11) is 0. The van der Waals surface area contributed by atoms with Crippen LogP contribution in [0.3, 0.4) is 0 Å². The van der Waals surface area contributed by atoms with Crippen molar-refractivity contribution in [2.45, 2.75) is 18.9 Å². The fourth-order valence-corrected chi connectivity index (χ4v) is 2.15. The zero-order valence-electron chi connectivity index (χ0n) is 7.91. The minimum atomic E-state index is -0.538. The van der Waals surface area contributed by atoms with Gasteiger partial charge in [0.15, 0.2) is 0 Å². The second kappa shape index (κ2) is 3.67. The summed E-state index contributed by atoms with van der Waals surface area (Å²) in [6.07, 6.45) is 1.06. The number of halogens is 1. The molecule has 0 aliphatic heterocycles. The van der Waals surface area contributed by atoms with Gasteiger partial charge in [-0.15, -0.1) is 0 Å². The molecule has 0 saturated heterocycles. The molecule has 2 rings (SSSR count). The number of hydrogen-bond acceptors (Lipinski definition) is 2. The lowest BCUT2D eigenvalue weighted by Crippen LogP contribution is -2.12. The lowest BCUT2D eigenvalue weighted by molar-refractivity contribution is 0.119. The van der Waals surface area contributed by atoms with Gasteiger partial charge < -0.3 is 10.8 Å². The molecule has 0 heterocycles. The molecule has 2 unspecified atom stereocenters. The topological polar surface area (TPSA) is 46.2 Å². The molecule has 1 aromatic carbocycles. The van der Waals surface area contributed by atoms with Crippen LogP contribution in [0.2, 0.25) is 0 Å². The third-order valence-electron chi connectivity index (χ3n) is 2.89. The Morgan fingerprint density at radius 2 is 2.29 bits per heavy atom. The van der Waals surface area contributed by atoms with E-state index in [-0.39, 0.29) is 11.7 Å². The molecule has 0 amide bonds. The van der Waals surface area contributed by atoms with E-state index in [2.05, 4.69) is 0 Å². The smallest absolute Gasteiger partial charge is 0.123 e. The van der Waals surface area contributed by atoms with Crippen LogP contribution < -0.4 is 5.73 Å². The summed E-state index contributed by atoms with van der Waals surface area (Å²) in [5, 5.41) is 9.87. The maximum absolute atomic E-state index is 12.9. The Hall–Kier alpha value is -0.930. The molecule has 14 heavy (non-hydrogen) atoms. The Morgan fingerprint density at radius 1 is 1.50 bits per heavy atom. The first-order chi connectivity index (χ1) is 6.72. The van der Waals surface area contributed by atoms with Crippen molar-refractivity contribution in [2.75, 3.05) is 6.54 Å². The monoisotopic (exact) mass is 195 g/mol. The van der Waals surface area contributed by atoms with Crippen molar-refractivity contribution in [3.8, 4) is 0 Å². The maximum atomic E-state index is 12.9. The summed E-state index contributed by atoms with van der Waals surface area (Å²) in [6.45, 7) is 0.568. The lowest BCUT2D eigenvalue weighted by atomic mass is 10.00. The van der Waals surface area contributed by atoms with Crippen molar-refractivity contribution >= 4 is 0 Å². The number of rotatable bonds is 2. The van der Waals surface area contributed by atoms with Crippen LogP contribution in [0, 0.1) is 11.7 Å². The molecule has 76 valence electrons. The highest BCUT2D eigenvalue weighted by atomic mass is 19.1. The summed E-state index contributed by atoms with van der Waals surface area (Å²) in [6, 6.07) is 4.62. The van der Waals surface area contributed by atoms with Crippen LogP contribution in [0.5, 0.6) is 0 Å². The molecule has 0 bridgehead atoms. The quantitative estimate of drug-likeness (QED) is 0.749. The van der Waals surface area contributed by atoms with E-state index >= 15 is 0 Å². The Labute approximate surface area is 82.5 Å². The van der Waals surface area contributed by atoms with Gasteiger partial charge in [0, 0.05) is 0 Å². The van der Waals surface area contributed by atoms with Crippen LogP contribution in [-0.2, 0) is 6.42 Å². The van der Waals surface area contributed by atoms with Gasteiger partial charge in [-0.3, -0.25) is 0 Å². The largest absolute Gasteiger partial charge is 0.388 e. The number of aliphatic hydroxyl groups is 1. The molecule has 0 fully saturated rings. The van der Waals surface area contributed by atoms with Crippen LogP contribution in [0.1, 0.15) is 23.7 Å². The van der Waals surface area contributed by atoms with Crippen molar-refractivity contribution in [2.24, 2.45) is 11.7 Å². The highest BCUT2D eigenvalue weighted by Crippen LogP contribution is 2.37. The molecule has 0 saturated carbocycles. The molecule has 2 atom stereocenters. The van der Waals surface area contributed by atoms with Gasteiger partial charge in [0.2, 0.25) is 0 Å². The van der Waals surface area contributed by atoms with E-state index in [1.165, 1.54) is 12.1 Å². The van der Waals surface area contributed by atoms with Gasteiger partial charge in [0.25, 0.3) is 0 Å². The van der Waals surface area contributed by atoms with E-state index in [0.717, 1.165) is 24.0 Å². The van der Waals surface area contributed by atoms with Gasteiger partial charge in [-0.05, 0) is 48.6 Å². The van der Waals surface area contributed by atoms with Gasteiger partial charge in [0.05, 0.1) is 6.10 Å². The van der Waals surface area contributed by atoms with Crippen molar-refractivity contribution < 1.29 is 9.50 Å². The van der Waals surface area contributed by atoms with Gasteiger partial charge in [-0.1, -0.05) is 6.07 Å². The highest BCUT2D eigenvalue weighted by Gasteiger charge is 2.30. The maximum Gasteiger partial charge on any atom is 0.123 e. The summed E-state index contributed by atoms with van der Waals surface area (Å²) in [5.74, 6) is -0.118. The first-order valence-corrected chi connectivity index (χ1v) is 4.89. The Bertz CT molecular complexity index is 340. The second-order valence-electron chi connectivity index (χ2n) is 3.83. The molecule has 2 nitrogen and oxygen atoms in total. The predicted octanol–water partition coefficient (Wildman–Crippen LogP) is 1.38. The summed E-state index contributed by atoms with van der Waals surface area (Å²) < 4.78 is 12.9. The fraction of sp³-hybridized carbons (Fsp3) is 0.455. The number of aliphatic hydroxyl groups excluding tert-OH is 1. The number of hydrogen-bond donors (Lipinski definition) is 2. The minimum absolute atomic E-state index is 0.164. The molecule has 0 aromatic heterocycles. The third-order valence-corrected chi connectivity index (χ3v) is 2.89.